The van der Waals surface area contributed by atoms with Crippen LogP contribution in [-0.2, 0) is 9.53 Å². The van der Waals surface area contributed by atoms with Gasteiger partial charge in [0, 0.05) is 32.6 Å². The van der Waals surface area contributed by atoms with Gasteiger partial charge in [0.25, 0.3) is 0 Å². The molecule has 0 spiro atoms. The molecule has 6 heteroatoms. The molecular weight excluding hydrogens is 412 g/mol. The van der Waals surface area contributed by atoms with Crippen molar-refractivity contribution in [1.29, 1.82) is 0 Å². The topological polar surface area (TPSA) is 117 Å². The predicted octanol–water partition coefficient (Wildman–Crippen LogP) is 6.20. The van der Waals surface area contributed by atoms with Crippen LogP contribution < -0.4 is 17.6 Å². The third-order valence-corrected chi connectivity index (χ3v) is 6.68. The van der Waals surface area contributed by atoms with Crippen molar-refractivity contribution in [2.75, 3.05) is 39.8 Å². The molecule has 33 heavy (non-hydrogen) atoms. The van der Waals surface area contributed by atoms with Gasteiger partial charge in [0.1, 0.15) is 0 Å². The maximum atomic E-state index is 11.1. The number of methoxy groups -OCH3 is 1. The molecule has 0 radical (unpaired) electrons. The molecule has 0 aliphatic rings. The van der Waals surface area contributed by atoms with Crippen molar-refractivity contribution < 1.29 is 9.53 Å². The minimum atomic E-state index is -0.0726. The van der Waals surface area contributed by atoms with Crippen molar-refractivity contribution in [2.24, 2.45) is 17.4 Å². The SMILES string of the molecule is CCCCCCC(CCCCCCCCCCCCC(=O)OC)CCN(CCN)CCN.N. The number of hydrogen-bond acceptors (Lipinski definition) is 6. The fourth-order valence-corrected chi connectivity index (χ4v) is 4.58. The molecule has 0 rings (SSSR count). The van der Waals surface area contributed by atoms with Crippen molar-refractivity contribution in [2.45, 2.75) is 122 Å². The van der Waals surface area contributed by atoms with Gasteiger partial charge in [-0.05, 0) is 25.3 Å². The Morgan fingerprint density at radius 3 is 1.61 bits per heavy atom. The first-order valence-electron chi connectivity index (χ1n) is 13.9. The van der Waals surface area contributed by atoms with Gasteiger partial charge in [-0.3, -0.25) is 4.79 Å². The summed E-state index contributed by atoms with van der Waals surface area (Å²) in [6.07, 6.45) is 23.1. The van der Waals surface area contributed by atoms with E-state index in [1.54, 1.807) is 0 Å². The quantitative estimate of drug-likeness (QED) is 0.108. The molecule has 0 aliphatic heterocycles. The highest BCUT2D eigenvalue weighted by Gasteiger charge is 2.11. The average Bonchev–Trinajstić information content (AvgIpc) is 2.80. The van der Waals surface area contributed by atoms with Crippen LogP contribution in [0.3, 0.4) is 0 Å². The molecule has 1 atom stereocenters. The van der Waals surface area contributed by atoms with Crippen LogP contribution in [-0.4, -0.2) is 50.7 Å². The summed E-state index contributed by atoms with van der Waals surface area (Å²) in [7, 11) is 1.47. The summed E-state index contributed by atoms with van der Waals surface area (Å²) >= 11 is 0. The van der Waals surface area contributed by atoms with Crippen LogP contribution in [0.15, 0.2) is 0 Å². The smallest absolute Gasteiger partial charge is 0.305 e. The van der Waals surface area contributed by atoms with E-state index in [2.05, 4.69) is 16.6 Å². The van der Waals surface area contributed by atoms with Gasteiger partial charge in [-0.25, -0.2) is 0 Å². The Hall–Kier alpha value is -0.690. The number of rotatable bonds is 25. The maximum absolute atomic E-state index is 11.1. The van der Waals surface area contributed by atoms with Crippen LogP contribution in [0.5, 0.6) is 0 Å². The van der Waals surface area contributed by atoms with E-state index in [4.69, 9.17) is 11.5 Å². The molecule has 0 aromatic carbocycles. The van der Waals surface area contributed by atoms with Gasteiger partial charge in [-0.2, -0.15) is 0 Å². The van der Waals surface area contributed by atoms with Crippen LogP contribution in [0.1, 0.15) is 122 Å². The molecule has 0 heterocycles. The number of ether oxygens (including phenoxy) is 1. The molecule has 0 saturated heterocycles. The van der Waals surface area contributed by atoms with Gasteiger partial charge in [-0.1, -0.05) is 103 Å². The first-order valence-corrected chi connectivity index (χ1v) is 13.9. The molecule has 0 aliphatic carbocycles. The molecule has 0 saturated carbocycles. The lowest BCUT2D eigenvalue weighted by Gasteiger charge is -2.24. The Labute approximate surface area is 206 Å². The molecule has 6 nitrogen and oxygen atoms in total. The van der Waals surface area contributed by atoms with Crippen LogP contribution in [0.25, 0.3) is 0 Å². The van der Waals surface area contributed by atoms with Crippen molar-refractivity contribution >= 4 is 5.97 Å². The number of nitrogens with two attached hydrogens (primary N) is 2. The number of hydrogen-bond donors (Lipinski definition) is 3. The standard InChI is InChI=1S/C27H57N3O2.H3N/c1-3-4-5-14-17-26(20-23-30(24-21-28)25-22-29)18-15-12-10-8-6-7-9-11-13-16-19-27(31)32-2;/h26H,3-25,28-29H2,1-2H3;1H3. The Bertz CT molecular complexity index is 390. The van der Waals surface area contributed by atoms with Gasteiger partial charge in [0.05, 0.1) is 7.11 Å². The lowest BCUT2D eigenvalue weighted by molar-refractivity contribution is -0.140. The lowest BCUT2D eigenvalue weighted by atomic mass is 9.91. The average molecular weight is 473 g/mol. The minimum Gasteiger partial charge on any atom is -0.469 e. The molecule has 0 aromatic rings. The number of nitrogens with zero attached hydrogens (tertiary/aromatic N) is 1. The van der Waals surface area contributed by atoms with Crippen molar-refractivity contribution in [1.82, 2.24) is 11.1 Å². The summed E-state index contributed by atoms with van der Waals surface area (Å²) in [4.78, 5) is 13.5. The normalized spacial score (nSPS) is 12.0. The molecule has 0 fully saturated rings. The molecule has 0 amide bonds. The summed E-state index contributed by atoms with van der Waals surface area (Å²) < 4.78 is 4.68. The van der Waals surface area contributed by atoms with Gasteiger partial charge in [-0.15, -0.1) is 0 Å². The van der Waals surface area contributed by atoms with E-state index in [1.807, 2.05) is 0 Å². The van der Waals surface area contributed by atoms with Gasteiger partial charge >= 0.3 is 5.97 Å². The highest BCUT2D eigenvalue weighted by Crippen LogP contribution is 2.22. The zero-order valence-corrected chi connectivity index (χ0v) is 22.5. The Morgan fingerprint density at radius 1 is 0.697 bits per heavy atom. The van der Waals surface area contributed by atoms with E-state index in [0.717, 1.165) is 51.5 Å². The number of unbranched alkanes of at least 4 members (excludes halogenated alkanes) is 12. The fraction of sp³-hybridized carbons (Fsp3) is 0.963. The highest BCUT2D eigenvalue weighted by atomic mass is 16.5. The number of esters is 1. The van der Waals surface area contributed by atoms with Crippen LogP contribution in [0.2, 0.25) is 0 Å². The van der Waals surface area contributed by atoms with Crippen molar-refractivity contribution in [3.8, 4) is 0 Å². The maximum Gasteiger partial charge on any atom is 0.305 e. The van der Waals surface area contributed by atoms with Crippen molar-refractivity contribution in [3.63, 3.8) is 0 Å². The third-order valence-electron chi connectivity index (χ3n) is 6.68. The molecular formula is C27H60N4O2. The minimum absolute atomic E-state index is 0. The number of carbonyl (C=O) groups excluding carboxylic acids is 1. The predicted molar refractivity (Wildman–Crippen MR) is 144 cm³/mol. The van der Waals surface area contributed by atoms with Gasteiger partial charge < -0.3 is 27.3 Å². The summed E-state index contributed by atoms with van der Waals surface area (Å²) in [6, 6.07) is 0. The first kappa shape index (κ1) is 34.5. The molecule has 1 unspecified atom stereocenters. The highest BCUT2D eigenvalue weighted by molar-refractivity contribution is 5.68. The molecule has 7 N–H and O–H groups in total. The second-order valence-corrected chi connectivity index (χ2v) is 9.57. The zero-order valence-electron chi connectivity index (χ0n) is 22.5. The van der Waals surface area contributed by atoms with E-state index >= 15 is 0 Å². The van der Waals surface area contributed by atoms with Crippen molar-refractivity contribution in [3.05, 3.63) is 0 Å². The van der Waals surface area contributed by atoms with Crippen LogP contribution >= 0.6 is 0 Å². The Balaban J connectivity index is 0. The van der Waals surface area contributed by atoms with E-state index in [9.17, 15) is 4.79 Å². The summed E-state index contributed by atoms with van der Waals surface area (Å²) in [6.45, 7) is 6.87. The van der Waals surface area contributed by atoms with Crippen LogP contribution in [0.4, 0.5) is 0 Å². The Kier molecular flexibility index (Phi) is 28.8. The fourth-order valence-electron chi connectivity index (χ4n) is 4.58. The number of carbonyl (C=O) groups is 1. The molecule has 200 valence electrons. The summed E-state index contributed by atoms with van der Waals surface area (Å²) in [5.41, 5.74) is 11.5. The second-order valence-electron chi connectivity index (χ2n) is 9.57. The van der Waals surface area contributed by atoms with E-state index in [0.29, 0.717) is 6.42 Å². The lowest BCUT2D eigenvalue weighted by Crippen LogP contribution is -2.35. The third kappa shape index (κ3) is 24.2. The van der Waals surface area contributed by atoms with Gasteiger partial charge in [0.2, 0.25) is 0 Å². The van der Waals surface area contributed by atoms with Crippen LogP contribution in [0, 0.1) is 5.92 Å². The summed E-state index contributed by atoms with van der Waals surface area (Å²) in [5, 5.41) is 0. The largest absolute Gasteiger partial charge is 0.469 e. The molecule has 0 bridgehead atoms. The zero-order chi connectivity index (χ0) is 23.7. The van der Waals surface area contributed by atoms with E-state index in [-0.39, 0.29) is 12.1 Å². The monoisotopic (exact) mass is 472 g/mol. The molecule has 0 aromatic heterocycles. The van der Waals surface area contributed by atoms with E-state index in [1.165, 1.54) is 103 Å². The summed E-state index contributed by atoms with van der Waals surface area (Å²) in [5.74, 6) is 0.798. The first-order chi connectivity index (χ1) is 15.7. The Morgan fingerprint density at radius 2 is 1.15 bits per heavy atom. The second kappa shape index (κ2) is 27.6. The van der Waals surface area contributed by atoms with Gasteiger partial charge in [0.15, 0.2) is 0 Å². The van der Waals surface area contributed by atoms with E-state index < -0.39 is 0 Å².